The molecule has 0 aromatic heterocycles. The summed E-state index contributed by atoms with van der Waals surface area (Å²) in [5.41, 5.74) is 1.64. The number of carboxylic acids is 1. The van der Waals surface area contributed by atoms with E-state index in [1.165, 1.54) is 0 Å². The van der Waals surface area contributed by atoms with Gasteiger partial charge in [0.15, 0.2) is 0 Å². The van der Waals surface area contributed by atoms with Crippen molar-refractivity contribution < 1.29 is 24.5 Å². The predicted octanol–water partition coefficient (Wildman–Crippen LogP) is 1.00. The lowest BCUT2D eigenvalue weighted by Crippen LogP contribution is -2.38. The van der Waals surface area contributed by atoms with Crippen LogP contribution in [-0.2, 0) is 16.1 Å². The van der Waals surface area contributed by atoms with Gasteiger partial charge in [0, 0.05) is 18.7 Å². The van der Waals surface area contributed by atoms with Crippen molar-refractivity contribution in [2.75, 3.05) is 13.2 Å². The number of aliphatic hydroxyl groups is 1. The summed E-state index contributed by atoms with van der Waals surface area (Å²) < 4.78 is 5.72. The summed E-state index contributed by atoms with van der Waals surface area (Å²) in [6.45, 7) is 1.17. The summed E-state index contributed by atoms with van der Waals surface area (Å²) >= 11 is 0. The number of unbranched alkanes of at least 4 members (excludes halogenated alkanes) is 2. The van der Waals surface area contributed by atoms with E-state index in [0.717, 1.165) is 36.3 Å². The van der Waals surface area contributed by atoms with Crippen LogP contribution < -0.4 is 10.1 Å². The lowest BCUT2D eigenvalue weighted by atomic mass is 10.1. The average Bonchev–Trinajstić information content (AvgIpc) is 2.87. The van der Waals surface area contributed by atoms with Gasteiger partial charge in [-0.3, -0.25) is 14.9 Å². The first kappa shape index (κ1) is 17.2. The van der Waals surface area contributed by atoms with Crippen molar-refractivity contribution >= 4 is 23.5 Å². The molecule has 0 bridgehead atoms. The van der Waals surface area contributed by atoms with Crippen molar-refractivity contribution in [3.63, 3.8) is 0 Å². The molecule has 0 saturated carbocycles. The van der Waals surface area contributed by atoms with E-state index in [2.05, 4.69) is 10.3 Å². The molecule has 8 nitrogen and oxygen atoms in total. The Morgan fingerprint density at radius 1 is 1.36 bits per heavy atom. The highest BCUT2D eigenvalue weighted by atomic mass is 16.5. The first-order valence-electron chi connectivity index (χ1n) is 8.33. The van der Waals surface area contributed by atoms with Gasteiger partial charge in [-0.05, 0) is 37.5 Å². The fourth-order valence-electron chi connectivity index (χ4n) is 2.97. The van der Waals surface area contributed by atoms with Crippen LogP contribution in [0.3, 0.4) is 0 Å². The Balaban J connectivity index is 1.68. The first-order valence-corrected chi connectivity index (χ1v) is 8.33. The second kappa shape index (κ2) is 7.52. The number of fused-ring (bicyclic) bond motifs is 2. The number of ether oxygens (including phenoxy) is 1. The molecule has 1 aromatic rings. The van der Waals surface area contributed by atoms with Crippen LogP contribution in [-0.4, -0.2) is 52.2 Å². The Kier molecular flexibility index (Phi) is 5.18. The number of benzene rings is 1. The van der Waals surface area contributed by atoms with Crippen LogP contribution in [0.25, 0.3) is 0 Å². The van der Waals surface area contributed by atoms with Crippen LogP contribution in [0.5, 0.6) is 5.75 Å². The molecular formula is C17H21N3O5. The Labute approximate surface area is 145 Å². The summed E-state index contributed by atoms with van der Waals surface area (Å²) in [5.74, 6) is -0.238. The Morgan fingerprint density at radius 3 is 2.96 bits per heavy atom. The zero-order chi connectivity index (χ0) is 17.8. The van der Waals surface area contributed by atoms with E-state index in [4.69, 9.17) is 14.9 Å². The molecule has 0 spiro atoms. The molecule has 2 heterocycles. The molecule has 1 aromatic carbocycles. The van der Waals surface area contributed by atoms with Crippen LogP contribution in [0.15, 0.2) is 23.2 Å². The van der Waals surface area contributed by atoms with Gasteiger partial charge in [0.1, 0.15) is 11.8 Å². The van der Waals surface area contributed by atoms with E-state index >= 15 is 0 Å². The number of hydrogen-bond donors (Lipinski definition) is 3. The van der Waals surface area contributed by atoms with Gasteiger partial charge in [-0.25, -0.2) is 4.99 Å². The minimum absolute atomic E-state index is 0.194. The van der Waals surface area contributed by atoms with Crippen molar-refractivity contribution in [1.82, 2.24) is 10.2 Å². The van der Waals surface area contributed by atoms with Crippen molar-refractivity contribution in [3.8, 4) is 5.75 Å². The van der Waals surface area contributed by atoms with Gasteiger partial charge >= 0.3 is 5.97 Å². The number of aliphatic carboxylic acids is 1. The number of carboxylic acid groups (broad SMARTS) is 1. The van der Waals surface area contributed by atoms with Gasteiger partial charge in [0.25, 0.3) is 0 Å². The number of carbonyl (C=O) groups is 2. The number of carbonyl (C=O) groups excluding carboxylic acids is 1. The van der Waals surface area contributed by atoms with E-state index < -0.39 is 12.0 Å². The van der Waals surface area contributed by atoms with Gasteiger partial charge < -0.3 is 19.8 Å². The zero-order valence-corrected chi connectivity index (χ0v) is 13.8. The molecule has 2 aliphatic heterocycles. The third kappa shape index (κ3) is 3.90. The molecule has 1 unspecified atom stereocenters. The molecule has 1 fully saturated rings. The van der Waals surface area contributed by atoms with E-state index in [9.17, 15) is 9.59 Å². The van der Waals surface area contributed by atoms with Gasteiger partial charge in [0.05, 0.1) is 18.7 Å². The first-order chi connectivity index (χ1) is 12.1. The predicted molar refractivity (Wildman–Crippen MR) is 89.7 cm³/mol. The van der Waals surface area contributed by atoms with E-state index in [-0.39, 0.29) is 18.9 Å². The third-order valence-corrected chi connectivity index (χ3v) is 4.24. The highest BCUT2D eigenvalue weighted by Crippen LogP contribution is 2.32. The van der Waals surface area contributed by atoms with Gasteiger partial charge in [-0.15, -0.1) is 0 Å². The molecule has 2 aliphatic rings. The Bertz CT molecular complexity index is 704. The number of hydrogen-bond acceptors (Lipinski definition) is 6. The summed E-state index contributed by atoms with van der Waals surface area (Å²) in [6, 6.07) is 4.80. The van der Waals surface area contributed by atoms with Crippen molar-refractivity contribution in [2.24, 2.45) is 4.99 Å². The average molecular weight is 347 g/mol. The highest BCUT2D eigenvalue weighted by molar-refractivity contribution is 6.08. The maximum absolute atomic E-state index is 12.0. The number of nitrogens with one attached hydrogen (secondary N) is 1. The van der Waals surface area contributed by atoms with Crippen molar-refractivity contribution in [3.05, 3.63) is 23.8 Å². The van der Waals surface area contributed by atoms with E-state index in [0.29, 0.717) is 19.1 Å². The number of guanidine groups is 1. The second-order valence-corrected chi connectivity index (χ2v) is 6.09. The van der Waals surface area contributed by atoms with Crippen molar-refractivity contribution in [1.29, 1.82) is 0 Å². The molecule has 0 aliphatic carbocycles. The van der Waals surface area contributed by atoms with Crippen LogP contribution in [0.1, 0.15) is 31.2 Å². The van der Waals surface area contributed by atoms with Crippen LogP contribution in [0, 0.1) is 0 Å². The van der Waals surface area contributed by atoms with Crippen molar-refractivity contribution in [2.45, 2.75) is 38.3 Å². The molecule has 25 heavy (non-hydrogen) atoms. The van der Waals surface area contributed by atoms with Gasteiger partial charge in [0.2, 0.25) is 11.9 Å². The fourth-order valence-corrected chi connectivity index (χ4v) is 2.97. The maximum Gasteiger partial charge on any atom is 0.305 e. The quantitative estimate of drug-likeness (QED) is 0.605. The monoisotopic (exact) mass is 347 g/mol. The third-order valence-electron chi connectivity index (χ3n) is 4.24. The molecule has 1 amide bonds. The molecule has 8 heteroatoms. The molecule has 1 saturated heterocycles. The number of amides is 1. The standard InChI is InChI=1S/C17H21N3O5/c21-6-2-1-3-7-25-12-4-5-13-11(8-12)10-20-14(9-15(22)23)16(24)19-17(20)18-13/h4-5,8,14,21H,1-3,6-7,9-10H2,(H,22,23)(H,18,19,24). The fraction of sp³-hybridized carbons (Fsp3) is 0.471. The SMILES string of the molecule is O=C(O)CC1C(=O)NC2=Nc3ccc(OCCCCCO)cc3CN21. The number of aliphatic imine (C=N–C) groups is 1. The smallest absolute Gasteiger partial charge is 0.305 e. The normalized spacial score (nSPS) is 18.3. The number of nitrogens with zero attached hydrogens (tertiary/aromatic N) is 2. The summed E-state index contributed by atoms with van der Waals surface area (Å²) in [5, 5.41) is 20.4. The number of rotatable bonds is 8. The van der Waals surface area contributed by atoms with E-state index in [1.807, 2.05) is 18.2 Å². The summed E-state index contributed by atoms with van der Waals surface area (Å²) in [7, 11) is 0. The molecular weight excluding hydrogens is 326 g/mol. The Morgan fingerprint density at radius 2 is 2.20 bits per heavy atom. The molecule has 0 radical (unpaired) electrons. The second-order valence-electron chi connectivity index (χ2n) is 6.09. The van der Waals surface area contributed by atoms with E-state index in [1.54, 1.807) is 4.90 Å². The molecule has 1 atom stereocenters. The van der Waals surface area contributed by atoms with Crippen LogP contribution in [0.4, 0.5) is 5.69 Å². The lowest BCUT2D eigenvalue weighted by Gasteiger charge is -2.27. The maximum atomic E-state index is 12.0. The summed E-state index contributed by atoms with van der Waals surface area (Å²) in [6.07, 6.45) is 2.28. The van der Waals surface area contributed by atoms with Crippen LogP contribution in [0.2, 0.25) is 0 Å². The molecule has 3 N–H and O–H groups in total. The lowest BCUT2D eigenvalue weighted by molar-refractivity contribution is -0.140. The highest BCUT2D eigenvalue weighted by Gasteiger charge is 2.40. The largest absolute Gasteiger partial charge is 0.494 e. The molecule has 134 valence electrons. The zero-order valence-electron chi connectivity index (χ0n) is 13.8. The van der Waals surface area contributed by atoms with Crippen LogP contribution >= 0.6 is 0 Å². The van der Waals surface area contributed by atoms with Gasteiger partial charge in [-0.2, -0.15) is 0 Å². The number of aliphatic hydroxyl groups excluding tert-OH is 1. The van der Waals surface area contributed by atoms with Gasteiger partial charge in [-0.1, -0.05) is 0 Å². The summed E-state index contributed by atoms with van der Waals surface area (Å²) in [4.78, 5) is 29.1. The molecule has 3 rings (SSSR count). The minimum atomic E-state index is -1.02. The topological polar surface area (TPSA) is 111 Å². The minimum Gasteiger partial charge on any atom is -0.494 e. The Hall–Kier alpha value is -2.61.